The predicted octanol–water partition coefficient (Wildman–Crippen LogP) is 8.23. The van der Waals surface area contributed by atoms with Gasteiger partial charge in [-0.1, -0.05) is 144 Å². The summed E-state index contributed by atoms with van der Waals surface area (Å²) in [6, 6.07) is 46.6. The Morgan fingerprint density at radius 2 is 0.775 bits per heavy atom. The zero-order valence-electron chi connectivity index (χ0n) is 67.6. The second kappa shape index (κ2) is 49.1. The highest BCUT2D eigenvalue weighted by molar-refractivity contribution is 5.98. The number of hydrogen-bond acceptors (Lipinski definition) is 22. The van der Waals surface area contributed by atoms with Crippen molar-refractivity contribution in [1.29, 1.82) is 0 Å². The van der Waals surface area contributed by atoms with Crippen LogP contribution in [0.25, 0.3) is 43.8 Å². The van der Waals surface area contributed by atoms with Gasteiger partial charge in [0.1, 0.15) is 23.7 Å². The van der Waals surface area contributed by atoms with Crippen LogP contribution in [0.5, 0.6) is 0 Å². The van der Waals surface area contributed by atoms with Crippen molar-refractivity contribution < 1.29 is 77.0 Å². The van der Waals surface area contributed by atoms with E-state index in [-0.39, 0.29) is 128 Å². The molecule has 0 aliphatic heterocycles. The van der Waals surface area contributed by atoms with E-state index in [1.807, 2.05) is 172 Å². The van der Waals surface area contributed by atoms with Crippen molar-refractivity contribution in [3.05, 3.63) is 216 Å². The van der Waals surface area contributed by atoms with E-state index >= 15 is 0 Å². The van der Waals surface area contributed by atoms with Crippen molar-refractivity contribution in [1.82, 2.24) is 71.9 Å². The monoisotopic (exact) mass is 1640 g/mol. The number of carbonyl (C=O) groups is 8. The van der Waals surface area contributed by atoms with Gasteiger partial charge in [0.25, 0.3) is 0 Å². The first-order valence-corrected chi connectivity index (χ1v) is 40.4. The number of pyridine rings is 2. The van der Waals surface area contributed by atoms with Gasteiger partial charge in [0.2, 0.25) is 35.4 Å². The number of ether oxygens (including phenoxy) is 6. The second-order valence-electron chi connectivity index (χ2n) is 28.6. The Morgan fingerprint density at radius 3 is 1.17 bits per heavy atom. The molecule has 32 nitrogen and oxygen atoms in total. The number of aromatic nitrogens is 8. The smallest absolute Gasteiger partial charge is 0.305 e. The highest BCUT2D eigenvalue weighted by Gasteiger charge is 2.30. The first-order valence-electron chi connectivity index (χ1n) is 40.4. The third-order valence-electron chi connectivity index (χ3n) is 19.3. The van der Waals surface area contributed by atoms with E-state index in [1.54, 1.807) is 34.2 Å². The Labute approximate surface area is 696 Å². The molecule has 32 heteroatoms. The molecule has 0 saturated carbocycles. The highest BCUT2D eigenvalue weighted by atomic mass is 16.5. The number of carbonyl (C=O) groups excluding carboxylic acids is 6. The van der Waals surface area contributed by atoms with E-state index in [1.165, 1.54) is 0 Å². The number of fused-ring (bicyclic) bond motifs is 2. The summed E-state index contributed by atoms with van der Waals surface area (Å²) < 4.78 is 37.1. The fourth-order valence-corrected chi connectivity index (χ4v) is 13.1. The lowest BCUT2D eigenvalue weighted by Crippen LogP contribution is -2.49. The van der Waals surface area contributed by atoms with Gasteiger partial charge < -0.3 is 81.2 Å². The molecular weight excluding hydrogens is 1540 g/mol. The van der Waals surface area contributed by atoms with Crippen LogP contribution in [0, 0.1) is 13.8 Å². The molecule has 4 heterocycles. The number of nitrogens with zero attached hydrogens (tertiary/aromatic N) is 8. The molecule has 10 aromatic rings. The van der Waals surface area contributed by atoms with Crippen LogP contribution in [0.2, 0.25) is 0 Å². The molecule has 4 aromatic heterocycles. The largest absolute Gasteiger partial charge is 0.481 e. The third-order valence-corrected chi connectivity index (χ3v) is 19.3. The summed E-state index contributed by atoms with van der Waals surface area (Å²) in [7, 11) is 0. The number of aryl methyl sites for hydroxylation is 2. The lowest BCUT2D eigenvalue weighted by Gasteiger charge is -2.23. The molecule has 0 saturated heterocycles. The summed E-state index contributed by atoms with van der Waals surface area (Å²) in [6.07, 6.45) is 6.97. The minimum Gasteiger partial charge on any atom is -0.481 e. The topological polar surface area (TPSA) is 416 Å². The number of carboxylic acid groups (broad SMARTS) is 2. The molecule has 4 unspecified atom stereocenters. The van der Waals surface area contributed by atoms with Crippen LogP contribution in [0.3, 0.4) is 0 Å². The van der Waals surface area contributed by atoms with E-state index in [0.29, 0.717) is 99.6 Å². The van der Waals surface area contributed by atoms with E-state index in [0.717, 1.165) is 54.9 Å². The second-order valence-corrected chi connectivity index (χ2v) is 28.6. The highest BCUT2D eigenvalue weighted by Crippen LogP contribution is 2.32. The number of aliphatic carboxylic acids is 2. The molecule has 0 bridgehead atoms. The van der Waals surface area contributed by atoms with Crippen molar-refractivity contribution in [2.45, 2.75) is 115 Å². The maximum Gasteiger partial charge on any atom is 0.305 e. The molecule has 4 atom stereocenters. The molecule has 10 N–H and O–H groups in total. The summed E-state index contributed by atoms with van der Waals surface area (Å²) in [5, 5.41) is 64.7. The van der Waals surface area contributed by atoms with Gasteiger partial charge in [-0.25, -0.2) is 19.3 Å². The Kier molecular flexibility index (Phi) is 36.7. The fraction of sp³-hybridized carbons (Fsp3) is 0.386. The van der Waals surface area contributed by atoms with E-state index in [2.05, 4.69) is 73.1 Å². The van der Waals surface area contributed by atoms with Gasteiger partial charge >= 0.3 is 11.9 Å². The van der Waals surface area contributed by atoms with Gasteiger partial charge in [0.15, 0.2) is 0 Å². The zero-order valence-corrected chi connectivity index (χ0v) is 67.6. The molecule has 120 heavy (non-hydrogen) atoms. The summed E-state index contributed by atoms with van der Waals surface area (Å²) in [4.78, 5) is 113. The fourth-order valence-electron chi connectivity index (χ4n) is 13.1. The molecule has 6 amide bonds. The van der Waals surface area contributed by atoms with Crippen molar-refractivity contribution >= 4 is 80.6 Å². The Balaban J connectivity index is 0.542. The first-order chi connectivity index (χ1) is 58.4. The molecule has 634 valence electrons. The van der Waals surface area contributed by atoms with Crippen molar-refractivity contribution in [2.24, 2.45) is 0 Å². The number of amides is 6. The molecule has 0 aliphatic rings. The number of nitrogens with one attached hydrogen (secondary N) is 8. The average Bonchev–Trinajstić information content (AvgIpc) is 1.14. The van der Waals surface area contributed by atoms with Crippen LogP contribution in [-0.4, -0.2) is 215 Å². The molecular formula is C88H106N16O16. The Morgan fingerprint density at radius 1 is 0.400 bits per heavy atom. The van der Waals surface area contributed by atoms with E-state index < -0.39 is 60.8 Å². The van der Waals surface area contributed by atoms with Gasteiger partial charge in [-0.05, 0) is 117 Å². The summed E-state index contributed by atoms with van der Waals surface area (Å²) in [5.74, 6) is -3.35. The Hall–Kier alpha value is -12.5. The molecule has 0 spiro atoms. The lowest BCUT2D eigenvalue weighted by molar-refractivity contribution is -0.139. The van der Waals surface area contributed by atoms with Crippen molar-refractivity contribution in [3.63, 3.8) is 0 Å². The first kappa shape index (κ1) is 89.9. The van der Waals surface area contributed by atoms with Gasteiger partial charge in [-0.15, -0.1) is 10.2 Å². The van der Waals surface area contributed by atoms with Crippen LogP contribution in [-0.2, 0) is 92.7 Å². The molecule has 0 radical (unpaired) electrons. The van der Waals surface area contributed by atoms with Crippen LogP contribution in [0.15, 0.2) is 183 Å². The SMILES string of the molecule is Cc1ccnc(NCCCC(=O)NC(Cc2cn(CCOCCOCCOCCNC(=O)CCC(=O)NCCOCCOCCOCCn3cc(CC(NC(=O)CCCNc4cc(C)ccn4)C(=O)NC(CC(=O)O)c4ccc(-c5cccc6ccccc56)cc4)nn3)nn2)C(=O)NC(CC(=O)O)c2ccc(-c3cccc4ccccc34)cc2)c1. The van der Waals surface area contributed by atoms with Gasteiger partial charge in [-0.2, -0.15) is 0 Å². The quantitative estimate of drug-likeness (QED) is 0.0160. The van der Waals surface area contributed by atoms with E-state index in [4.69, 9.17) is 28.4 Å². The minimum atomic E-state index is -1.12. The average molecular weight is 1640 g/mol. The van der Waals surface area contributed by atoms with Gasteiger partial charge in [0, 0.05) is 89.5 Å². The molecule has 6 aromatic carbocycles. The standard InChI is InChI=1S/C88H106N16O16/c1-61-31-35-91-79(53-61)89-33-9-19-83(107)95-77(87(113)97-75(57-85(109)110)67-25-21-65(22-26-67)73-17-7-13-63-11-3-5-15-71(63)73)55-69-59-103(101-99-69)39-43-117-47-51-119-49-45-115-41-37-93-81(105)29-30-82(106)94-38-42-116-46-50-120-52-48-118-44-40-104-60-70(100-102-104)56-78(96-84(108)20-10-34-90-80-54-62(2)32-36-92-80)88(114)98-76(58-86(111)112)68-27-23-66(24-28-68)74-18-8-14-64-12-4-6-16-72(64)74/h3-8,11-18,21-28,31-32,35-36,53-54,59-60,75-78H,9-10,19-20,29-30,33-34,37-52,55-58H2,1-2H3,(H,89,91)(H,90,92)(H,93,105)(H,94,106)(H,95,107)(H,96,108)(H,97,113)(H,98,114)(H,109,110)(H,111,112). The van der Waals surface area contributed by atoms with Crippen LogP contribution >= 0.6 is 0 Å². The Bertz CT molecular complexity index is 4620. The zero-order chi connectivity index (χ0) is 84.5. The lowest BCUT2D eigenvalue weighted by atomic mass is 9.95. The maximum absolute atomic E-state index is 14.2. The van der Waals surface area contributed by atoms with Crippen molar-refractivity contribution in [2.75, 3.05) is 116 Å². The van der Waals surface area contributed by atoms with Crippen LogP contribution in [0.4, 0.5) is 11.6 Å². The normalized spacial score (nSPS) is 12.2. The summed E-state index contributed by atoms with van der Waals surface area (Å²) in [6.45, 7) is 9.33. The maximum atomic E-state index is 14.2. The number of rotatable bonds is 55. The van der Waals surface area contributed by atoms with E-state index in [9.17, 15) is 48.6 Å². The molecule has 10 rings (SSSR count). The van der Waals surface area contributed by atoms with Crippen LogP contribution in [0.1, 0.15) is 97.1 Å². The van der Waals surface area contributed by atoms with Crippen molar-refractivity contribution in [3.8, 4) is 22.3 Å². The van der Waals surface area contributed by atoms with Gasteiger partial charge in [-0.3, -0.25) is 38.4 Å². The summed E-state index contributed by atoms with van der Waals surface area (Å²) >= 11 is 0. The number of benzene rings is 6. The molecule has 0 aliphatic carbocycles. The third kappa shape index (κ3) is 31.1. The summed E-state index contributed by atoms with van der Waals surface area (Å²) in [5.41, 5.74) is 7.97. The van der Waals surface area contributed by atoms with Gasteiger partial charge in [0.05, 0.1) is 129 Å². The molecule has 0 fully saturated rings. The number of carboxylic acids is 2. The minimum absolute atomic E-state index is 0.000579. The predicted molar refractivity (Wildman–Crippen MR) is 450 cm³/mol. The van der Waals surface area contributed by atoms with Crippen LogP contribution < -0.4 is 42.5 Å². The number of anilines is 2. The number of hydrogen-bond donors (Lipinski definition) is 10.